The number of carboxylic acids is 1. The highest BCUT2D eigenvalue weighted by Gasteiger charge is 2.35. The van der Waals surface area contributed by atoms with Crippen molar-refractivity contribution in [3.8, 4) is 0 Å². The molecule has 0 radical (unpaired) electrons. The third kappa shape index (κ3) is 4.38. The number of carboxylic acid groups (broad SMARTS) is 1. The van der Waals surface area contributed by atoms with E-state index in [1.807, 2.05) is 13.8 Å². The maximum atomic E-state index is 12.1. The number of aliphatic carboxylic acids is 1. The molecule has 0 aromatic heterocycles. The van der Waals surface area contributed by atoms with E-state index in [0.29, 0.717) is 13.1 Å². The zero-order valence-corrected chi connectivity index (χ0v) is 12.3. The van der Waals surface area contributed by atoms with Gasteiger partial charge in [-0.3, -0.25) is 0 Å². The van der Waals surface area contributed by atoms with E-state index in [1.54, 1.807) is 25.7 Å². The molecule has 3 atom stereocenters. The predicted octanol–water partition coefficient (Wildman–Crippen LogP) is 1.30. The first kappa shape index (κ1) is 15.8. The molecule has 2 N–H and O–H groups in total. The fraction of sp³-hybridized carbons (Fsp3) is 0.846. The summed E-state index contributed by atoms with van der Waals surface area (Å²) in [5.74, 6) is -1.02. The van der Waals surface area contributed by atoms with Gasteiger partial charge in [0.15, 0.2) is 0 Å². The summed E-state index contributed by atoms with van der Waals surface area (Å²) in [6.07, 6.45) is -0.0696. The molecule has 0 spiro atoms. The molecule has 0 bridgehead atoms. The van der Waals surface area contributed by atoms with Crippen LogP contribution < -0.4 is 5.32 Å². The number of urea groups is 1. The van der Waals surface area contributed by atoms with Gasteiger partial charge in [0.1, 0.15) is 6.04 Å². The molecule has 1 fully saturated rings. The van der Waals surface area contributed by atoms with Crippen LogP contribution >= 0.6 is 0 Å². The van der Waals surface area contributed by atoms with E-state index in [9.17, 15) is 14.7 Å². The normalized spacial score (nSPS) is 25.8. The van der Waals surface area contributed by atoms with E-state index in [4.69, 9.17) is 4.74 Å². The Hall–Kier alpha value is -1.30. The summed E-state index contributed by atoms with van der Waals surface area (Å²) in [5, 5.41) is 11.8. The SMILES string of the molecule is CC1CN(C(=O)N[C@@H](C(=O)O)C(C)(C)C)CC(C)O1. The highest BCUT2D eigenvalue weighted by molar-refractivity contribution is 5.83. The van der Waals surface area contributed by atoms with Crippen molar-refractivity contribution in [2.45, 2.75) is 52.9 Å². The minimum atomic E-state index is -1.02. The van der Waals surface area contributed by atoms with E-state index in [1.165, 1.54) is 0 Å². The van der Waals surface area contributed by atoms with Crippen LogP contribution in [0.15, 0.2) is 0 Å². The van der Waals surface area contributed by atoms with Gasteiger partial charge in [-0.15, -0.1) is 0 Å². The second kappa shape index (κ2) is 5.77. The van der Waals surface area contributed by atoms with Crippen molar-refractivity contribution in [1.29, 1.82) is 0 Å². The highest BCUT2D eigenvalue weighted by Crippen LogP contribution is 2.20. The molecule has 19 heavy (non-hydrogen) atoms. The summed E-state index contributed by atoms with van der Waals surface area (Å²) in [5.41, 5.74) is -0.537. The van der Waals surface area contributed by atoms with Gasteiger partial charge in [0.05, 0.1) is 12.2 Å². The molecular weight excluding hydrogens is 248 g/mol. The lowest BCUT2D eigenvalue weighted by atomic mass is 9.87. The van der Waals surface area contributed by atoms with Gasteiger partial charge in [-0.05, 0) is 19.3 Å². The van der Waals surface area contributed by atoms with Crippen molar-refractivity contribution in [3.63, 3.8) is 0 Å². The number of carbonyl (C=O) groups is 2. The van der Waals surface area contributed by atoms with Crippen molar-refractivity contribution in [1.82, 2.24) is 10.2 Å². The fourth-order valence-electron chi connectivity index (χ4n) is 2.21. The Morgan fingerprint density at radius 1 is 1.26 bits per heavy atom. The molecule has 0 saturated carbocycles. The first-order chi connectivity index (χ1) is 8.61. The summed E-state index contributed by atoms with van der Waals surface area (Å²) in [7, 11) is 0. The van der Waals surface area contributed by atoms with Crippen LogP contribution in [0.1, 0.15) is 34.6 Å². The van der Waals surface area contributed by atoms with Crippen LogP contribution in [0.5, 0.6) is 0 Å². The number of morpholine rings is 1. The van der Waals surface area contributed by atoms with Gasteiger partial charge >= 0.3 is 12.0 Å². The van der Waals surface area contributed by atoms with E-state index in [2.05, 4.69) is 5.32 Å². The summed E-state index contributed by atoms with van der Waals surface area (Å²) < 4.78 is 5.55. The zero-order valence-electron chi connectivity index (χ0n) is 12.3. The molecule has 1 aliphatic rings. The smallest absolute Gasteiger partial charge is 0.326 e. The second-order valence-corrected chi connectivity index (χ2v) is 6.25. The number of hydrogen-bond acceptors (Lipinski definition) is 3. The van der Waals surface area contributed by atoms with Gasteiger partial charge < -0.3 is 20.1 Å². The van der Waals surface area contributed by atoms with Gasteiger partial charge in [0.2, 0.25) is 0 Å². The van der Waals surface area contributed by atoms with Crippen LogP contribution in [0.25, 0.3) is 0 Å². The molecule has 1 aliphatic heterocycles. The van der Waals surface area contributed by atoms with Gasteiger partial charge in [-0.1, -0.05) is 20.8 Å². The second-order valence-electron chi connectivity index (χ2n) is 6.25. The Morgan fingerprint density at radius 3 is 2.11 bits per heavy atom. The molecule has 0 aromatic carbocycles. The molecule has 1 saturated heterocycles. The quantitative estimate of drug-likeness (QED) is 0.794. The summed E-state index contributed by atoms with van der Waals surface area (Å²) >= 11 is 0. The summed E-state index contributed by atoms with van der Waals surface area (Å²) in [6.45, 7) is 10.1. The third-order valence-electron chi connectivity index (χ3n) is 3.09. The molecular formula is C13H24N2O4. The van der Waals surface area contributed by atoms with E-state index in [0.717, 1.165) is 0 Å². The molecule has 1 heterocycles. The lowest BCUT2D eigenvalue weighted by molar-refractivity contribution is -0.142. The number of ether oxygens (including phenoxy) is 1. The Labute approximate surface area is 114 Å². The van der Waals surface area contributed by atoms with E-state index >= 15 is 0 Å². The number of amides is 2. The van der Waals surface area contributed by atoms with Gasteiger partial charge in [0, 0.05) is 13.1 Å². The molecule has 110 valence electrons. The molecule has 6 nitrogen and oxygen atoms in total. The number of hydrogen-bond donors (Lipinski definition) is 2. The fourth-order valence-corrected chi connectivity index (χ4v) is 2.21. The lowest BCUT2D eigenvalue weighted by Crippen LogP contribution is -2.57. The molecule has 6 heteroatoms. The topological polar surface area (TPSA) is 78.9 Å². The number of nitrogens with one attached hydrogen (secondary N) is 1. The number of carbonyl (C=O) groups excluding carboxylic acids is 1. The van der Waals surface area contributed by atoms with Crippen LogP contribution in [0, 0.1) is 5.41 Å². The van der Waals surface area contributed by atoms with Crippen molar-refractivity contribution in [2.75, 3.05) is 13.1 Å². The van der Waals surface area contributed by atoms with E-state index < -0.39 is 17.4 Å². The summed E-state index contributed by atoms with van der Waals surface area (Å²) in [4.78, 5) is 25.0. The van der Waals surface area contributed by atoms with Crippen molar-refractivity contribution >= 4 is 12.0 Å². The minimum Gasteiger partial charge on any atom is -0.480 e. The van der Waals surface area contributed by atoms with Gasteiger partial charge in [-0.25, -0.2) is 9.59 Å². The van der Waals surface area contributed by atoms with Crippen molar-refractivity contribution in [3.05, 3.63) is 0 Å². The molecule has 1 rings (SSSR count). The largest absolute Gasteiger partial charge is 0.480 e. The monoisotopic (exact) mass is 272 g/mol. The molecule has 0 aliphatic carbocycles. The van der Waals surface area contributed by atoms with Crippen LogP contribution in [0.4, 0.5) is 4.79 Å². The van der Waals surface area contributed by atoms with Crippen LogP contribution in [0.3, 0.4) is 0 Å². The Balaban J connectivity index is 2.69. The highest BCUT2D eigenvalue weighted by atomic mass is 16.5. The Kier molecular flexibility index (Phi) is 4.79. The molecule has 2 unspecified atom stereocenters. The Morgan fingerprint density at radius 2 is 1.74 bits per heavy atom. The number of nitrogens with zero attached hydrogens (tertiary/aromatic N) is 1. The molecule has 0 aromatic rings. The van der Waals surface area contributed by atoms with Gasteiger partial charge in [0.25, 0.3) is 0 Å². The zero-order chi connectivity index (χ0) is 14.8. The van der Waals surface area contributed by atoms with Crippen molar-refractivity contribution in [2.24, 2.45) is 5.41 Å². The lowest BCUT2D eigenvalue weighted by Gasteiger charge is -2.37. The van der Waals surface area contributed by atoms with Crippen LogP contribution in [0.2, 0.25) is 0 Å². The molecule has 2 amide bonds. The van der Waals surface area contributed by atoms with Crippen molar-refractivity contribution < 1.29 is 19.4 Å². The Bertz CT molecular complexity index is 341. The summed E-state index contributed by atoms with van der Waals surface area (Å²) in [6, 6.07) is -1.25. The number of rotatable bonds is 2. The van der Waals surface area contributed by atoms with Gasteiger partial charge in [-0.2, -0.15) is 0 Å². The standard InChI is InChI=1S/C13H24N2O4/c1-8-6-15(7-9(2)19-8)12(18)14-10(11(16)17)13(3,4)5/h8-10H,6-7H2,1-5H3,(H,14,18)(H,16,17)/t8?,9?,10-/m0/s1. The third-order valence-corrected chi connectivity index (χ3v) is 3.09. The van der Waals surface area contributed by atoms with E-state index in [-0.39, 0.29) is 18.2 Å². The maximum absolute atomic E-state index is 12.1. The first-order valence-electron chi connectivity index (χ1n) is 6.55. The minimum absolute atomic E-state index is 0.0348. The predicted molar refractivity (Wildman–Crippen MR) is 71.0 cm³/mol. The maximum Gasteiger partial charge on any atom is 0.326 e. The average Bonchev–Trinajstić information content (AvgIpc) is 2.21. The average molecular weight is 272 g/mol. The first-order valence-corrected chi connectivity index (χ1v) is 6.55. The van der Waals surface area contributed by atoms with Crippen LogP contribution in [-0.4, -0.2) is 53.3 Å². The van der Waals surface area contributed by atoms with Crippen LogP contribution in [-0.2, 0) is 9.53 Å².